The molecule has 0 spiro atoms. The molecule has 0 saturated carbocycles. The van der Waals surface area contributed by atoms with Crippen LogP contribution in [0.1, 0.15) is 23.6 Å². The number of aromatic nitrogens is 1. The lowest BCUT2D eigenvalue weighted by Gasteiger charge is -2.26. The van der Waals surface area contributed by atoms with Crippen LogP contribution in [-0.4, -0.2) is 43.8 Å². The average molecular weight is 374 g/mol. The summed E-state index contributed by atoms with van der Waals surface area (Å²) in [5, 5.41) is 3.69. The second-order valence-electron chi connectivity index (χ2n) is 5.84. The van der Waals surface area contributed by atoms with Crippen molar-refractivity contribution in [1.82, 2.24) is 9.46 Å². The molecule has 132 valence electrons. The van der Waals surface area contributed by atoms with Crippen molar-refractivity contribution in [2.45, 2.75) is 37.8 Å². The van der Waals surface area contributed by atoms with Crippen molar-refractivity contribution >= 4 is 19.9 Å². The molecule has 10 heteroatoms. The predicted molar refractivity (Wildman–Crippen MR) is 84.5 cm³/mol. The quantitative estimate of drug-likeness (QED) is 0.774. The van der Waals surface area contributed by atoms with E-state index in [1.165, 1.54) is 17.5 Å². The monoisotopic (exact) mass is 374 g/mol. The molecule has 2 aromatic rings. The zero-order chi connectivity index (χ0) is 17.5. The summed E-state index contributed by atoms with van der Waals surface area (Å²) < 4.78 is 61.3. The smallest absolute Gasteiger partial charge is 0.249 e. The van der Waals surface area contributed by atoms with Gasteiger partial charge >= 0.3 is 0 Å². The first-order valence-electron chi connectivity index (χ1n) is 7.38. The van der Waals surface area contributed by atoms with Gasteiger partial charge in [-0.25, -0.2) is 16.8 Å². The van der Waals surface area contributed by atoms with Gasteiger partial charge in [-0.3, -0.25) is 0 Å². The highest BCUT2D eigenvalue weighted by Crippen LogP contribution is 2.30. The molecule has 1 aliphatic rings. The van der Waals surface area contributed by atoms with E-state index >= 15 is 0 Å². The van der Waals surface area contributed by atoms with Crippen LogP contribution in [0.5, 0.6) is 0 Å². The van der Waals surface area contributed by atoms with Gasteiger partial charge in [0.05, 0.1) is 24.3 Å². The minimum absolute atomic E-state index is 0.0154. The normalized spacial score (nSPS) is 20.7. The number of hydrogen-bond donors (Lipinski definition) is 0. The molecule has 0 aromatic carbocycles. The Labute approximate surface area is 140 Å². The van der Waals surface area contributed by atoms with E-state index < -0.39 is 25.9 Å². The van der Waals surface area contributed by atoms with E-state index in [-0.39, 0.29) is 40.8 Å². The van der Waals surface area contributed by atoms with E-state index in [1.54, 1.807) is 19.1 Å². The maximum atomic E-state index is 13.1. The van der Waals surface area contributed by atoms with Gasteiger partial charge in [0.1, 0.15) is 16.3 Å². The summed E-state index contributed by atoms with van der Waals surface area (Å²) in [6, 6.07) is 2.67. The highest BCUT2D eigenvalue weighted by atomic mass is 32.2. The van der Waals surface area contributed by atoms with Gasteiger partial charge in [0.25, 0.3) is 0 Å². The molecule has 0 radical (unpaired) electrons. The minimum atomic E-state index is -3.98. The van der Waals surface area contributed by atoms with Gasteiger partial charge in [-0.1, -0.05) is 5.16 Å². The fraction of sp³-hybridized carbons (Fsp3) is 0.500. The first-order valence-corrected chi connectivity index (χ1v) is 10.6. The Morgan fingerprint density at radius 1 is 1.38 bits per heavy atom. The largest absolute Gasteiger partial charge is 0.468 e. The first-order chi connectivity index (χ1) is 11.2. The van der Waals surface area contributed by atoms with E-state index in [0.717, 1.165) is 0 Å². The van der Waals surface area contributed by atoms with Crippen LogP contribution in [0.4, 0.5) is 0 Å². The summed E-state index contributed by atoms with van der Waals surface area (Å²) in [7, 11) is -7.22. The van der Waals surface area contributed by atoms with E-state index in [0.29, 0.717) is 5.76 Å². The summed E-state index contributed by atoms with van der Waals surface area (Å²) in [4.78, 5) is -0.0154. The van der Waals surface area contributed by atoms with Crippen LogP contribution in [0.3, 0.4) is 0 Å². The van der Waals surface area contributed by atoms with Crippen LogP contribution in [0.25, 0.3) is 0 Å². The second-order valence-corrected chi connectivity index (χ2v) is 9.90. The molecule has 0 unspecified atom stereocenters. The number of nitrogens with zero attached hydrogens (tertiary/aromatic N) is 2. The van der Waals surface area contributed by atoms with Crippen molar-refractivity contribution in [3.8, 4) is 0 Å². The fourth-order valence-electron chi connectivity index (χ4n) is 2.93. The van der Waals surface area contributed by atoms with Crippen molar-refractivity contribution in [2.75, 3.05) is 11.5 Å². The lowest BCUT2D eigenvalue weighted by Crippen LogP contribution is -2.40. The lowest BCUT2D eigenvalue weighted by molar-refractivity contribution is 0.306. The van der Waals surface area contributed by atoms with E-state index in [2.05, 4.69) is 5.16 Å². The second kappa shape index (κ2) is 6.01. The predicted octanol–water partition coefficient (Wildman–Crippen LogP) is 1.26. The Balaban J connectivity index is 2.04. The highest BCUT2D eigenvalue weighted by molar-refractivity contribution is 7.92. The first kappa shape index (κ1) is 17.2. The highest BCUT2D eigenvalue weighted by Gasteiger charge is 2.41. The third kappa shape index (κ3) is 3.13. The molecule has 1 aliphatic heterocycles. The number of hydrogen-bond acceptors (Lipinski definition) is 7. The Morgan fingerprint density at radius 3 is 2.62 bits per heavy atom. The Morgan fingerprint density at radius 2 is 2.12 bits per heavy atom. The zero-order valence-corrected chi connectivity index (χ0v) is 14.9. The van der Waals surface area contributed by atoms with Crippen LogP contribution in [0, 0.1) is 13.8 Å². The molecule has 1 saturated heterocycles. The molecule has 8 nitrogen and oxygen atoms in total. The zero-order valence-electron chi connectivity index (χ0n) is 13.3. The van der Waals surface area contributed by atoms with Crippen molar-refractivity contribution in [3.63, 3.8) is 0 Å². The molecule has 3 heterocycles. The standard InChI is InChI=1S/C14H18N2O6S2/c1-10-14(11(2)22-15-10)24(19,20)16(8-13-4-3-6-21-13)12-5-7-23(17,18)9-12/h3-4,6,12H,5,7-9H2,1-2H3/t12-/m0/s1. The molecule has 1 fully saturated rings. The van der Waals surface area contributed by atoms with Crippen LogP contribution in [0.15, 0.2) is 32.2 Å². The molecular weight excluding hydrogens is 356 g/mol. The van der Waals surface area contributed by atoms with Gasteiger partial charge in [-0.2, -0.15) is 4.31 Å². The molecular formula is C14H18N2O6S2. The van der Waals surface area contributed by atoms with Crippen molar-refractivity contribution in [1.29, 1.82) is 0 Å². The van der Waals surface area contributed by atoms with Crippen LogP contribution < -0.4 is 0 Å². The summed E-state index contributed by atoms with van der Waals surface area (Å²) in [6.45, 7) is 3.02. The third-order valence-electron chi connectivity index (χ3n) is 4.04. The number of aryl methyl sites for hydroxylation is 2. The van der Waals surface area contributed by atoms with Crippen molar-refractivity contribution in [3.05, 3.63) is 35.6 Å². The summed E-state index contributed by atoms with van der Waals surface area (Å²) >= 11 is 0. The maximum Gasteiger partial charge on any atom is 0.249 e. The third-order valence-corrected chi connectivity index (χ3v) is 7.94. The van der Waals surface area contributed by atoms with Gasteiger partial charge < -0.3 is 8.94 Å². The van der Waals surface area contributed by atoms with Crippen molar-refractivity contribution < 1.29 is 25.8 Å². The molecule has 3 rings (SSSR count). The van der Waals surface area contributed by atoms with Crippen molar-refractivity contribution in [2.24, 2.45) is 0 Å². The molecule has 0 bridgehead atoms. The summed E-state index contributed by atoms with van der Waals surface area (Å²) in [5.41, 5.74) is 0.248. The van der Waals surface area contributed by atoms with Gasteiger partial charge in [0.2, 0.25) is 10.0 Å². The van der Waals surface area contributed by atoms with Gasteiger partial charge in [-0.15, -0.1) is 0 Å². The molecule has 0 N–H and O–H groups in total. The van der Waals surface area contributed by atoms with Crippen LogP contribution in [-0.2, 0) is 26.4 Å². The number of sulfonamides is 1. The minimum Gasteiger partial charge on any atom is -0.468 e. The Kier molecular flexibility index (Phi) is 4.30. The maximum absolute atomic E-state index is 13.1. The van der Waals surface area contributed by atoms with Crippen LogP contribution >= 0.6 is 0 Å². The number of rotatable bonds is 5. The molecule has 0 aliphatic carbocycles. The average Bonchev–Trinajstić information content (AvgIpc) is 3.18. The molecule has 24 heavy (non-hydrogen) atoms. The summed E-state index contributed by atoms with van der Waals surface area (Å²) in [5.74, 6) is 0.396. The molecule has 2 aromatic heterocycles. The number of sulfone groups is 1. The fourth-order valence-corrected chi connectivity index (χ4v) is 6.67. The SMILES string of the molecule is Cc1noc(C)c1S(=O)(=O)N(Cc1ccco1)[C@H]1CCS(=O)(=O)C1. The molecule has 1 atom stereocenters. The van der Waals surface area contributed by atoms with E-state index in [1.807, 2.05) is 0 Å². The Bertz CT molecular complexity index is 909. The van der Waals surface area contributed by atoms with Gasteiger partial charge in [-0.05, 0) is 32.4 Å². The molecule has 0 amide bonds. The Hall–Kier alpha value is -1.65. The summed E-state index contributed by atoms with van der Waals surface area (Å²) in [6.07, 6.45) is 1.70. The van der Waals surface area contributed by atoms with E-state index in [9.17, 15) is 16.8 Å². The lowest BCUT2D eigenvalue weighted by atomic mass is 10.2. The van der Waals surface area contributed by atoms with Gasteiger partial charge in [0, 0.05) is 6.04 Å². The van der Waals surface area contributed by atoms with Gasteiger partial charge in [0.15, 0.2) is 15.6 Å². The number of furan rings is 1. The van der Waals surface area contributed by atoms with E-state index in [4.69, 9.17) is 8.94 Å². The topological polar surface area (TPSA) is 111 Å². The van der Waals surface area contributed by atoms with Crippen LogP contribution in [0.2, 0.25) is 0 Å².